The van der Waals surface area contributed by atoms with E-state index < -0.39 is 10.0 Å². The Labute approximate surface area is 242 Å². The summed E-state index contributed by atoms with van der Waals surface area (Å²) >= 11 is 3.60. The van der Waals surface area contributed by atoms with Gasteiger partial charge in [-0.1, -0.05) is 24.3 Å². The monoisotopic (exact) mass is 625 g/mol. The third-order valence-corrected chi connectivity index (χ3v) is 10.1. The molecule has 210 valence electrons. The van der Waals surface area contributed by atoms with Gasteiger partial charge in [0.15, 0.2) is 17.1 Å². The normalized spacial score (nSPS) is 18.1. The van der Waals surface area contributed by atoms with Gasteiger partial charge in [-0.3, -0.25) is 0 Å². The van der Waals surface area contributed by atoms with Crippen LogP contribution in [0.15, 0.2) is 64.1 Å². The molecular formula is C29H32BrN5O4S. The number of ether oxygens (including phenoxy) is 2. The van der Waals surface area contributed by atoms with Crippen molar-refractivity contribution < 1.29 is 17.9 Å². The number of fused-ring (bicyclic) bond motifs is 1. The number of methoxy groups -OCH3 is 2. The van der Waals surface area contributed by atoms with Gasteiger partial charge in [0.1, 0.15) is 5.82 Å². The molecule has 2 aliphatic rings. The van der Waals surface area contributed by atoms with Crippen LogP contribution in [0.25, 0.3) is 16.9 Å². The fourth-order valence-electron chi connectivity index (χ4n) is 5.47. The maximum absolute atomic E-state index is 13.5. The third kappa shape index (κ3) is 5.17. The molecule has 1 aliphatic heterocycles. The van der Waals surface area contributed by atoms with Gasteiger partial charge < -0.3 is 14.8 Å². The van der Waals surface area contributed by atoms with Crippen molar-refractivity contribution in [3.63, 3.8) is 0 Å². The van der Waals surface area contributed by atoms with Crippen molar-refractivity contribution in [1.82, 2.24) is 18.9 Å². The van der Waals surface area contributed by atoms with E-state index in [1.807, 2.05) is 0 Å². The van der Waals surface area contributed by atoms with Crippen LogP contribution in [-0.4, -0.2) is 61.2 Å². The largest absolute Gasteiger partial charge is 0.493 e. The summed E-state index contributed by atoms with van der Waals surface area (Å²) in [6, 6.07) is 15.3. The Balaban J connectivity index is 1.23. The van der Waals surface area contributed by atoms with Crippen molar-refractivity contribution in [2.45, 2.75) is 36.5 Å². The minimum Gasteiger partial charge on any atom is -0.493 e. The highest BCUT2D eigenvalue weighted by Crippen LogP contribution is 2.44. The minimum absolute atomic E-state index is 0.132. The molecule has 6 rings (SSSR count). The number of sulfonamides is 1. The van der Waals surface area contributed by atoms with E-state index in [1.54, 1.807) is 27.2 Å². The molecule has 2 aromatic heterocycles. The lowest BCUT2D eigenvalue weighted by molar-refractivity contribution is 0.275. The predicted molar refractivity (Wildman–Crippen MR) is 158 cm³/mol. The number of benzene rings is 2. The van der Waals surface area contributed by atoms with Crippen molar-refractivity contribution >= 4 is 37.4 Å². The van der Waals surface area contributed by atoms with Crippen LogP contribution in [0, 0.1) is 5.92 Å². The molecule has 9 nitrogen and oxygen atoms in total. The van der Waals surface area contributed by atoms with Gasteiger partial charge in [-0.05, 0) is 71.1 Å². The topological polar surface area (TPSA) is 98.1 Å². The van der Waals surface area contributed by atoms with E-state index in [1.165, 1.54) is 38.7 Å². The van der Waals surface area contributed by atoms with E-state index in [0.717, 1.165) is 40.0 Å². The van der Waals surface area contributed by atoms with Crippen LogP contribution in [-0.2, 0) is 10.0 Å². The SMILES string of the molecule is COc1ccc(S(=O)(=O)N2CCCC(CNc3cc(-c4ccccc4C4CC4)nc4c(Br)cnn34)C2)cc1OC. The number of nitrogens with one attached hydrogen (secondary N) is 1. The number of halogens is 1. The molecule has 40 heavy (non-hydrogen) atoms. The van der Waals surface area contributed by atoms with E-state index in [0.29, 0.717) is 37.1 Å². The summed E-state index contributed by atoms with van der Waals surface area (Å²) in [5, 5.41) is 8.10. The summed E-state index contributed by atoms with van der Waals surface area (Å²) < 4.78 is 41.9. The Kier molecular flexibility index (Phi) is 7.45. The van der Waals surface area contributed by atoms with Gasteiger partial charge in [0.05, 0.1) is 35.5 Å². The van der Waals surface area contributed by atoms with Gasteiger partial charge in [-0.25, -0.2) is 13.4 Å². The van der Waals surface area contributed by atoms with Gasteiger partial charge in [0, 0.05) is 37.3 Å². The van der Waals surface area contributed by atoms with Crippen LogP contribution in [0.4, 0.5) is 5.82 Å². The molecule has 4 aromatic rings. The van der Waals surface area contributed by atoms with Gasteiger partial charge in [-0.2, -0.15) is 13.9 Å². The summed E-state index contributed by atoms with van der Waals surface area (Å²) in [5.41, 5.74) is 4.13. The standard InChI is InChI=1S/C29H32BrN5O4S/c1-38-26-12-11-21(14-27(26)39-2)40(36,37)34-13-5-6-19(18-34)16-31-28-15-25(33-29-24(30)17-32-35(28)29)23-8-4-3-7-22(23)20-9-10-20/h3-4,7-8,11-12,14-15,17,19-20,31H,5-6,9-10,13,16,18H2,1-2H3. The van der Waals surface area contributed by atoms with Crippen molar-refractivity contribution in [3.8, 4) is 22.8 Å². The molecule has 11 heteroatoms. The van der Waals surface area contributed by atoms with Crippen LogP contribution in [0.2, 0.25) is 0 Å². The zero-order valence-corrected chi connectivity index (χ0v) is 24.9. The van der Waals surface area contributed by atoms with Crippen LogP contribution in [0.5, 0.6) is 11.5 Å². The summed E-state index contributed by atoms with van der Waals surface area (Å²) in [5.74, 6) is 2.45. The molecule has 0 bridgehead atoms. The second kappa shape index (κ2) is 11.0. The van der Waals surface area contributed by atoms with Gasteiger partial charge in [0.2, 0.25) is 10.0 Å². The maximum atomic E-state index is 13.5. The fourth-order valence-corrected chi connectivity index (χ4v) is 7.39. The fraction of sp³-hybridized carbons (Fsp3) is 0.379. The molecule has 1 atom stereocenters. The number of piperidine rings is 1. The van der Waals surface area contributed by atoms with E-state index in [-0.39, 0.29) is 10.8 Å². The first-order chi connectivity index (χ1) is 19.4. The molecule has 0 amide bonds. The van der Waals surface area contributed by atoms with Crippen LogP contribution in [0.1, 0.15) is 37.2 Å². The number of anilines is 1. The molecule has 0 radical (unpaired) electrons. The first-order valence-electron chi connectivity index (χ1n) is 13.5. The van der Waals surface area contributed by atoms with E-state index in [9.17, 15) is 8.42 Å². The Morgan fingerprint density at radius 3 is 2.62 bits per heavy atom. The van der Waals surface area contributed by atoms with Crippen LogP contribution >= 0.6 is 15.9 Å². The van der Waals surface area contributed by atoms with Crippen molar-refractivity contribution in [1.29, 1.82) is 0 Å². The summed E-state index contributed by atoms with van der Waals surface area (Å²) in [6.07, 6.45) is 5.90. The zero-order valence-electron chi connectivity index (χ0n) is 22.5. The molecule has 2 aromatic carbocycles. The number of aromatic nitrogens is 3. The van der Waals surface area contributed by atoms with Gasteiger partial charge >= 0.3 is 0 Å². The highest BCUT2D eigenvalue weighted by Gasteiger charge is 2.31. The van der Waals surface area contributed by atoms with Crippen LogP contribution < -0.4 is 14.8 Å². The lowest BCUT2D eigenvalue weighted by atomic mass is 9.99. The molecule has 3 heterocycles. The Bertz CT molecular complexity index is 1650. The second-order valence-corrected chi connectivity index (χ2v) is 13.2. The quantitative estimate of drug-likeness (QED) is 0.260. The first-order valence-corrected chi connectivity index (χ1v) is 15.7. The summed E-state index contributed by atoms with van der Waals surface area (Å²) in [4.78, 5) is 5.15. The second-order valence-electron chi connectivity index (χ2n) is 10.4. The molecule has 1 saturated carbocycles. The predicted octanol–water partition coefficient (Wildman–Crippen LogP) is 5.57. The number of hydrogen-bond donors (Lipinski definition) is 1. The minimum atomic E-state index is -3.68. The Morgan fingerprint density at radius 1 is 1.05 bits per heavy atom. The Morgan fingerprint density at radius 2 is 1.85 bits per heavy atom. The van der Waals surface area contributed by atoms with Crippen molar-refractivity contribution in [2.24, 2.45) is 5.92 Å². The smallest absolute Gasteiger partial charge is 0.243 e. The van der Waals surface area contributed by atoms with Gasteiger partial charge in [-0.15, -0.1) is 0 Å². The number of hydrogen-bond acceptors (Lipinski definition) is 7. The molecule has 0 spiro atoms. The van der Waals surface area contributed by atoms with Gasteiger partial charge in [0.25, 0.3) is 0 Å². The zero-order chi connectivity index (χ0) is 27.9. The molecule has 1 N–H and O–H groups in total. The molecule has 2 fully saturated rings. The highest BCUT2D eigenvalue weighted by molar-refractivity contribution is 9.10. The molecule has 1 aliphatic carbocycles. The van der Waals surface area contributed by atoms with E-state index in [2.05, 4.69) is 56.7 Å². The van der Waals surface area contributed by atoms with E-state index >= 15 is 0 Å². The maximum Gasteiger partial charge on any atom is 0.243 e. The molecule has 1 saturated heterocycles. The van der Waals surface area contributed by atoms with E-state index in [4.69, 9.17) is 14.5 Å². The molecule has 1 unspecified atom stereocenters. The Hall–Kier alpha value is -3.15. The molecular weight excluding hydrogens is 594 g/mol. The lowest BCUT2D eigenvalue weighted by Crippen LogP contribution is -2.41. The highest BCUT2D eigenvalue weighted by atomic mass is 79.9. The van der Waals surface area contributed by atoms with Crippen molar-refractivity contribution in [2.75, 3.05) is 39.2 Å². The number of rotatable bonds is 9. The summed E-state index contributed by atoms with van der Waals surface area (Å²) in [6.45, 7) is 1.53. The third-order valence-electron chi connectivity index (χ3n) is 7.73. The first kappa shape index (κ1) is 27.0. The number of nitrogens with zero attached hydrogens (tertiary/aromatic N) is 4. The van der Waals surface area contributed by atoms with Crippen LogP contribution in [0.3, 0.4) is 0 Å². The average molecular weight is 627 g/mol. The lowest BCUT2D eigenvalue weighted by Gasteiger charge is -2.32. The summed E-state index contributed by atoms with van der Waals surface area (Å²) in [7, 11) is -0.650. The average Bonchev–Trinajstić information content (AvgIpc) is 3.77. The van der Waals surface area contributed by atoms with Crippen molar-refractivity contribution in [3.05, 3.63) is 64.8 Å².